The molecule has 0 fully saturated rings. The first kappa shape index (κ1) is 139. The summed E-state index contributed by atoms with van der Waals surface area (Å²) in [4.78, 5) is 45.3. The van der Waals surface area contributed by atoms with Crippen LogP contribution in [0.3, 0.4) is 0 Å². The Morgan fingerprint density at radius 3 is 0.388 bits per heavy atom. The molecule has 0 aromatic carbocycles. The fourth-order valence-corrected chi connectivity index (χ4v) is 14.8. The molecule has 4 radical (unpaired) electrons. The van der Waals surface area contributed by atoms with E-state index in [9.17, 15) is 19.2 Å². The topological polar surface area (TPSA) is 105 Å². The summed E-state index contributed by atoms with van der Waals surface area (Å²) in [5.74, 6) is 1.61. The van der Waals surface area contributed by atoms with E-state index in [0.29, 0.717) is 75.1 Å². The van der Waals surface area contributed by atoms with Crippen molar-refractivity contribution in [1.29, 1.82) is 0 Å². The van der Waals surface area contributed by atoms with Gasteiger partial charge < -0.3 is 69.5 Å². The van der Waals surface area contributed by atoms with Gasteiger partial charge in [-0.3, -0.25) is 19.2 Å². The van der Waals surface area contributed by atoms with Crippen LogP contribution in [0.5, 0.6) is 0 Å². The van der Waals surface area contributed by atoms with Gasteiger partial charge in [0.15, 0.2) is 0 Å². The van der Waals surface area contributed by atoms with E-state index < -0.39 is 0 Å². The SMILES string of the molecule is C.C.CCCCCCCCCCCCCCCC/C=C/CCCCCC(=O)OCC[S-].CCCCCCCCCCCCCCCC/C=C/CCCCCC(=O)OCC[S-].CCCCCCCCCCCCCCCC/C=C/CCCCCC(=O)OCC[S-].CCCCCCCCCCCCCCCC/C=C/CCCCCC(=O)OCC[S-].S.[Sn+2].[Sn+2]. The number of hydrogen-bond acceptors (Lipinski definition) is 12. The Labute approximate surface area is 820 Å². The van der Waals surface area contributed by atoms with E-state index in [1.807, 2.05) is 0 Å². The molecule has 0 aliphatic rings. The van der Waals surface area contributed by atoms with Gasteiger partial charge in [-0.2, -0.15) is 13.5 Å². The second-order valence-corrected chi connectivity index (χ2v) is 35.2. The summed E-state index contributed by atoms with van der Waals surface area (Å²) < 4.78 is 19.9. The van der Waals surface area contributed by atoms with Crippen molar-refractivity contribution in [2.24, 2.45) is 0 Å². The Bertz CT molecular complexity index is 1710. The fourth-order valence-electron chi connectivity index (χ4n) is 14.5. The van der Waals surface area contributed by atoms with Crippen LogP contribution < -0.4 is 0 Å². The normalized spacial score (nSPS) is 10.9. The molecule has 0 aliphatic carbocycles. The predicted octanol–water partition coefficient (Wildman–Crippen LogP) is 34.4. The smallest absolute Gasteiger partial charge is 0.789 e. The van der Waals surface area contributed by atoms with Crippen LogP contribution in [0.25, 0.3) is 0 Å². The maximum absolute atomic E-state index is 11.3. The molecule has 0 amide bonds. The molecule has 0 atom stereocenters. The molecule has 0 N–H and O–H groups in total. The Morgan fingerprint density at radius 1 is 0.182 bits per heavy atom. The van der Waals surface area contributed by atoms with Gasteiger partial charge in [-0.15, -0.1) is 23.0 Å². The van der Waals surface area contributed by atoms with Crippen LogP contribution in [-0.4, -0.2) is 121 Å². The second-order valence-electron chi connectivity index (χ2n) is 33.5. The van der Waals surface area contributed by atoms with Crippen molar-refractivity contribution in [1.82, 2.24) is 0 Å². The zero-order valence-corrected chi connectivity index (χ0v) is 89.2. The molecule has 0 saturated carbocycles. The van der Waals surface area contributed by atoms with E-state index in [1.165, 1.54) is 411 Å². The molecular formula is C106H206O8S5Sn2. The Morgan fingerprint density at radius 2 is 0.281 bits per heavy atom. The number of allylic oxidation sites excluding steroid dienone is 8. The minimum atomic E-state index is -0.0943. The van der Waals surface area contributed by atoms with Crippen molar-refractivity contribution in [3.05, 3.63) is 48.6 Å². The number of hydrogen-bond donors (Lipinski definition) is 0. The summed E-state index contributed by atoms with van der Waals surface area (Å²) in [5.41, 5.74) is 0. The van der Waals surface area contributed by atoms with Gasteiger partial charge in [-0.25, -0.2) is 0 Å². The average Bonchev–Trinajstić information content (AvgIpc) is 1.07. The monoisotopic (exact) mass is 2010 g/mol. The van der Waals surface area contributed by atoms with Gasteiger partial charge in [0.25, 0.3) is 0 Å². The maximum Gasteiger partial charge on any atom is 2.00 e. The van der Waals surface area contributed by atoms with Crippen molar-refractivity contribution in [2.75, 3.05) is 49.4 Å². The summed E-state index contributed by atoms with van der Waals surface area (Å²) in [6, 6.07) is 0. The van der Waals surface area contributed by atoms with E-state index in [0.717, 1.165) is 77.0 Å². The molecule has 8 nitrogen and oxygen atoms in total. The minimum absolute atomic E-state index is 0. The van der Waals surface area contributed by atoms with Crippen molar-refractivity contribution >= 4 is 136 Å². The zero-order chi connectivity index (χ0) is 85.0. The van der Waals surface area contributed by atoms with E-state index in [2.05, 4.69) is 76.3 Å². The van der Waals surface area contributed by atoms with Gasteiger partial charge in [0, 0.05) is 25.7 Å². The Kier molecular flexibility index (Phi) is 156. The summed E-state index contributed by atoms with van der Waals surface area (Å²) >= 11 is 19.0. The van der Waals surface area contributed by atoms with Crippen LogP contribution in [0.15, 0.2) is 48.6 Å². The first-order valence-corrected chi connectivity index (χ1v) is 53.1. The minimum Gasteiger partial charge on any atom is -0.789 e. The van der Waals surface area contributed by atoms with Gasteiger partial charge in [0.05, 0.1) is 26.4 Å². The van der Waals surface area contributed by atoms with Crippen molar-refractivity contribution in [2.45, 2.75) is 556 Å². The van der Waals surface area contributed by atoms with Gasteiger partial charge in [-0.1, -0.05) is 451 Å². The average molecular weight is 2010 g/mol. The first-order chi connectivity index (χ1) is 57.2. The standard InChI is InChI=1S/4C26H50O2S.2CH4.H2S.2Sn/c4*1-2-3-4-5-6-7-8-9-10-11-12-13-14-15-16-17-18-19-20-21-22-23-26(27)28-24-25-29;;;;;/h4*17-18,29H,2-16,19-25H2,1H3;2*1H4;1H2;;/q;;;;;;;2*+2/p-4/b4*18-17+;;;;;. The second kappa shape index (κ2) is 136. The van der Waals surface area contributed by atoms with Crippen LogP contribution in [0.1, 0.15) is 556 Å². The molecule has 0 heterocycles. The van der Waals surface area contributed by atoms with Gasteiger partial charge in [-0.05, 0) is 128 Å². The summed E-state index contributed by atoms with van der Waals surface area (Å²) in [5, 5.41) is 0. The van der Waals surface area contributed by atoms with Crippen LogP contribution in [0.4, 0.5) is 0 Å². The number of ether oxygens (including phenoxy) is 4. The van der Waals surface area contributed by atoms with Crippen molar-refractivity contribution in [3.63, 3.8) is 0 Å². The van der Waals surface area contributed by atoms with Crippen LogP contribution in [-0.2, 0) is 88.6 Å². The number of unbranched alkanes of at least 4 members (excludes halogenated alkanes) is 68. The third-order valence-corrected chi connectivity index (χ3v) is 22.6. The Balaban J connectivity index is -0.000000195. The van der Waals surface area contributed by atoms with E-state index >= 15 is 0 Å². The molecule has 121 heavy (non-hydrogen) atoms. The van der Waals surface area contributed by atoms with Crippen molar-refractivity contribution in [3.8, 4) is 0 Å². The quantitative estimate of drug-likeness (QED) is 0.0145. The van der Waals surface area contributed by atoms with Gasteiger partial charge in [0.1, 0.15) is 0 Å². The first-order valence-electron chi connectivity index (χ1n) is 50.8. The van der Waals surface area contributed by atoms with Crippen LogP contribution in [0.2, 0.25) is 0 Å². The summed E-state index contributed by atoms with van der Waals surface area (Å²) in [6.45, 7) is 10.7. The number of rotatable bonds is 92. The fraction of sp³-hybridized carbons (Fsp3) is 0.887. The molecular weight excluding hydrogens is 1800 g/mol. The number of esters is 4. The molecule has 0 aromatic rings. The molecule has 0 bridgehead atoms. The molecule has 15 heteroatoms. The third-order valence-electron chi connectivity index (χ3n) is 22.0. The largest absolute Gasteiger partial charge is 2.00 e. The molecule has 0 aromatic heterocycles. The van der Waals surface area contributed by atoms with Gasteiger partial charge >= 0.3 is 71.7 Å². The van der Waals surface area contributed by atoms with E-state index in [1.54, 1.807) is 0 Å². The van der Waals surface area contributed by atoms with Crippen LogP contribution >= 0.6 is 13.5 Å². The molecule has 0 aliphatic heterocycles. The van der Waals surface area contributed by atoms with Gasteiger partial charge in [0.2, 0.25) is 0 Å². The molecule has 0 saturated heterocycles. The number of carbonyl (C=O) groups excluding carboxylic acids is 4. The summed E-state index contributed by atoms with van der Waals surface area (Å²) in [7, 11) is 0. The zero-order valence-electron chi connectivity index (χ0n) is 79.2. The Hall–Kier alpha value is 0.187. The summed E-state index contributed by atoms with van der Waals surface area (Å²) in [6.07, 6.45) is 123. The van der Waals surface area contributed by atoms with E-state index in [-0.39, 0.29) is 100 Å². The molecule has 0 rings (SSSR count). The molecule has 0 unspecified atom stereocenters. The molecule has 0 spiro atoms. The van der Waals surface area contributed by atoms with Crippen molar-refractivity contribution < 1.29 is 38.1 Å². The third kappa shape index (κ3) is 143. The van der Waals surface area contributed by atoms with E-state index in [4.69, 9.17) is 69.5 Å². The predicted molar refractivity (Wildman–Crippen MR) is 557 cm³/mol. The van der Waals surface area contributed by atoms with Crippen LogP contribution in [0, 0.1) is 0 Å². The number of carbonyl (C=O) groups is 4. The maximum atomic E-state index is 11.3. The molecule has 716 valence electrons.